The monoisotopic (exact) mass is 297 g/mol. The van der Waals surface area contributed by atoms with E-state index in [0.29, 0.717) is 0 Å². The van der Waals surface area contributed by atoms with E-state index >= 15 is 0 Å². The van der Waals surface area contributed by atoms with Crippen molar-refractivity contribution in [1.82, 2.24) is 10.2 Å². The van der Waals surface area contributed by atoms with Gasteiger partial charge in [0.15, 0.2) is 0 Å². The van der Waals surface area contributed by atoms with Gasteiger partial charge in [0.2, 0.25) is 0 Å². The molecular weight excluding hydrogens is 279 g/mol. The van der Waals surface area contributed by atoms with Crippen LogP contribution in [0.4, 0.5) is 0 Å². The fourth-order valence-electron chi connectivity index (χ4n) is 0.738. The van der Waals surface area contributed by atoms with Gasteiger partial charge in [0.05, 0.1) is 0 Å². The molecule has 78 valence electrons. The average Bonchev–Trinajstić information content (AvgIpc) is 2.28. The standard InChI is InChI=1S/C9H18IN2O/c1-9(2,3)7-11-12-8(13-7)10(4,5)6/h1-6H3/q-1. The Morgan fingerprint density at radius 3 is 1.85 bits per heavy atom. The van der Waals surface area contributed by atoms with Crippen LogP contribution in [-0.4, -0.2) is 25.0 Å². The third-order valence-electron chi connectivity index (χ3n) is 1.53. The average molecular weight is 297 g/mol. The van der Waals surface area contributed by atoms with E-state index in [2.05, 4.69) is 45.8 Å². The minimum atomic E-state index is -1.84. The van der Waals surface area contributed by atoms with Crippen LogP contribution in [0.2, 0.25) is 0 Å². The van der Waals surface area contributed by atoms with Gasteiger partial charge in [0.25, 0.3) is 0 Å². The van der Waals surface area contributed by atoms with Gasteiger partial charge >= 0.3 is 83.8 Å². The summed E-state index contributed by atoms with van der Waals surface area (Å²) in [6.07, 6.45) is 0. The van der Waals surface area contributed by atoms with E-state index in [9.17, 15) is 0 Å². The number of alkyl halides is 3. The first kappa shape index (κ1) is 10.9. The van der Waals surface area contributed by atoms with Crippen molar-refractivity contribution in [1.29, 1.82) is 0 Å². The molecule has 0 aromatic carbocycles. The van der Waals surface area contributed by atoms with E-state index < -0.39 is 18.4 Å². The number of halogens is 1. The molecule has 4 heteroatoms. The van der Waals surface area contributed by atoms with Gasteiger partial charge in [-0.2, -0.15) is 0 Å². The Kier molecular flexibility index (Phi) is 2.71. The zero-order chi connectivity index (χ0) is 10.3. The maximum atomic E-state index is 5.67. The summed E-state index contributed by atoms with van der Waals surface area (Å²) in [5.74, 6) is 0.751. The van der Waals surface area contributed by atoms with Crippen LogP contribution in [0.3, 0.4) is 0 Å². The first-order chi connectivity index (χ1) is 5.71. The van der Waals surface area contributed by atoms with Gasteiger partial charge in [-0.25, -0.2) is 0 Å². The van der Waals surface area contributed by atoms with E-state index in [1.54, 1.807) is 0 Å². The normalized spacial score (nSPS) is 14.6. The van der Waals surface area contributed by atoms with Gasteiger partial charge in [-0.15, -0.1) is 0 Å². The summed E-state index contributed by atoms with van der Waals surface area (Å²) in [7, 11) is 0. The predicted molar refractivity (Wildman–Crippen MR) is 49.5 cm³/mol. The van der Waals surface area contributed by atoms with Crippen molar-refractivity contribution < 1.29 is 22.9 Å². The van der Waals surface area contributed by atoms with Crippen molar-refractivity contribution in [3.8, 4) is 0 Å². The molecule has 0 aliphatic carbocycles. The summed E-state index contributed by atoms with van der Waals surface area (Å²) < 4.78 is 6.56. The van der Waals surface area contributed by atoms with Crippen LogP contribution in [0.25, 0.3) is 0 Å². The summed E-state index contributed by atoms with van der Waals surface area (Å²) in [4.78, 5) is 6.73. The molecule has 0 fully saturated rings. The molecule has 0 aliphatic rings. The summed E-state index contributed by atoms with van der Waals surface area (Å²) in [6.45, 7) is 6.25. The molecule has 0 radical (unpaired) electrons. The van der Waals surface area contributed by atoms with Gasteiger partial charge in [-0.05, 0) is 0 Å². The third-order valence-corrected chi connectivity index (χ3v) is 4.73. The second-order valence-corrected chi connectivity index (χ2v) is 15.4. The van der Waals surface area contributed by atoms with Gasteiger partial charge in [-0.1, -0.05) is 0 Å². The van der Waals surface area contributed by atoms with E-state index in [0.717, 1.165) is 9.79 Å². The van der Waals surface area contributed by atoms with E-state index in [1.807, 2.05) is 0 Å². The fourth-order valence-corrected chi connectivity index (χ4v) is 2.36. The molecule has 0 bridgehead atoms. The molecule has 0 saturated heterocycles. The Balaban J connectivity index is 3.01. The van der Waals surface area contributed by atoms with Crippen molar-refractivity contribution in [2.45, 2.75) is 26.2 Å². The van der Waals surface area contributed by atoms with Crippen LogP contribution in [-0.2, 0) is 5.41 Å². The Labute approximate surface area is 83.8 Å². The molecule has 0 spiro atoms. The fraction of sp³-hybridized carbons (Fsp3) is 0.778. The van der Waals surface area contributed by atoms with Gasteiger partial charge in [0.1, 0.15) is 0 Å². The van der Waals surface area contributed by atoms with Crippen LogP contribution >= 0.6 is 0 Å². The third kappa shape index (κ3) is 2.65. The molecule has 3 nitrogen and oxygen atoms in total. The number of hydrogen-bond donors (Lipinski definition) is 0. The van der Waals surface area contributed by atoms with E-state index in [1.165, 1.54) is 0 Å². The Hall–Kier alpha value is -0.130. The number of aromatic nitrogens is 2. The van der Waals surface area contributed by atoms with Crippen LogP contribution in [0.15, 0.2) is 4.42 Å². The van der Waals surface area contributed by atoms with Crippen molar-refractivity contribution in [2.24, 2.45) is 0 Å². The molecule has 0 unspecified atom stereocenters. The molecule has 0 aliphatic heterocycles. The van der Waals surface area contributed by atoms with E-state index in [-0.39, 0.29) is 5.41 Å². The Bertz CT molecular complexity index is 265. The summed E-state index contributed by atoms with van der Waals surface area (Å²) in [5.41, 5.74) is -0.0302. The predicted octanol–water partition coefficient (Wildman–Crippen LogP) is -1.41. The molecule has 1 aromatic heterocycles. The number of nitrogens with zero attached hydrogens (tertiary/aromatic N) is 2. The van der Waals surface area contributed by atoms with Crippen molar-refractivity contribution >= 4 is 0 Å². The molecule has 13 heavy (non-hydrogen) atoms. The molecule has 1 rings (SSSR count). The maximum absolute atomic E-state index is 5.67. The first-order valence-corrected chi connectivity index (χ1v) is 11.7. The molecule has 1 heterocycles. The Morgan fingerprint density at radius 1 is 1.08 bits per heavy atom. The molecule has 1 aromatic rings. The zero-order valence-corrected chi connectivity index (χ0v) is 11.3. The molecule has 0 atom stereocenters. The second kappa shape index (κ2) is 3.22. The topological polar surface area (TPSA) is 38.9 Å². The quantitative estimate of drug-likeness (QED) is 0.472. The van der Waals surface area contributed by atoms with Crippen LogP contribution in [0, 0.1) is 3.90 Å². The molecular formula is C9H18IN2O-. The van der Waals surface area contributed by atoms with Crippen molar-refractivity contribution in [3.63, 3.8) is 0 Å². The van der Waals surface area contributed by atoms with Crippen LogP contribution in [0.5, 0.6) is 0 Å². The Morgan fingerprint density at radius 2 is 1.62 bits per heavy atom. The summed E-state index contributed by atoms with van der Waals surface area (Å²) in [6, 6.07) is 0. The van der Waals surface area contributed by atoms with Crippen molar-refractivity contribution in [2.75, 3.05) is 14.8 Å². The zero-order valence-electron chi connectivity index (χ0n) is 9.18. The van der Waals surface area contributed by atoms with Gasteiger partial charge < -0.3 is 0 Å². The molecule has 0 amide bonds. The molecule has 0 N–H and O–H groups in total. The van der Waals surface area contributed by atoms with Gasteiger partial charge in [-0.3, -0.25) is 0 Å². The number of rotatable bonds is 1. The SMILES string of the molecule is CC(C)(C)c1nnc([I-](C)(C)C)o1. The van der Waals surface area contributed by atoms with Crippen molar-refractivity contribution in [3.05, 3.63) is 9.79 Å². The first-order valence-electron chi connectivity index (χ1n) is 4.13. The minimum absolute atomic E-state index is 0.0302. The second-order valence-electron chi connectivity index (χ2n) is 4.81. The van der Waals surface area contributed by atoms with Gasteiger partial charge in [0, 0.05) is 0 Å². The van der Waals surface area contributed by atoms with Crippen LogP contribution in [0.1, 0.15) is 26.7 Å². The van der Waals surface area contributed by atoms with E-state index in [4.69, 9.17) is 4.42 Å². The summed E-state index contributed by atoms with van der Waals surface area (Å²) in [5, 5.41) is 8.20. The number of hydrogen-bond acceptors (Lipinski definition) is 3. The van der Waals surface area contributed by atoms with Crippen LogP contribution < -0.4 is 18.4 Å². The molecule has 0 saturated carbocycles. The summed E-state index contributed by atoms with van der Waals surface area (Å²) >= 11 is -1.84.